The van der Waals surface area contributed by atoms with Gasteiger partial charge in [-0.2, -0.15) is 0 Å². The number of ketones is 1. The summed E-state index contributed by atoms with van der Waals surface area (Å²) < 4.78 is 20.0. The molecular formula is C24H27FN4O3S2. The lowest BCUT2D eigenvalue weighted by Crippen LogP contribution is -2.48. The van der Waals surface area contributed by atoms with E-state index >= 15 is 0 Å². The highest BCUT2D eigenvalue weighted by atomic mass is 32.2. The Balaban J connectivity index is 1.45. The number of thiophene rings is 1. The first kappa shape index (κ1) is 24.6. The maximum absolute atomic E-state index is 14.9. The van der Waals surface area contributed by atoms with Crippen molar-refractivity contribution in [2.75, 3.05) is 33.0 Å². The van der Waals surface area contributed by atoms with Crippen molar-refractivity contribution in [3.05, 3.63) is 45.7 Å². The second kappa shape index (κ2) is 10.4. The van der Waals surface area contributed by atoms with Crippen LogP contribution in [0.25, 0.3) is 10.9 Å². The summed E-state index contributed by atoms with van der Waals surface area (Å²) in [5.41, 5.74) is 0.457. The molecule has 10 heteroatoms. The maximum Gasteiger partial charge on any atom is 0.261 e. The number of hydrogen-bond acceptors (Lipinski definition) is 8. The molecule has 180 valence electrons. The molecule has 0 unspecified atom stereocenters. The molecule has 1 amide bonds. The lowest BCUT2D eigenvalue weighted by molar-refractivity contribution is 0.0887. The third kappa shape index (κ3) is 5.24. The van der Waals surface area contributed by atoms with Crippen molar-refractivity contribution in [1.29, 1.82) is 0 Å². The van der Waals surface area contributed by atoms with Crippen LogP contribution in [0.15, 0.2) is 29.3 Å². The molecule has 4 rings (SSSR count). The molecular weight excluding hydrogens is 475 g/mol. The molecule has 0 saturated carbocycles. The van der Waals surface area contributed by atoms with Crippen LogP contribution in [0.3, 0.4) is 0 Å². The van der Waals surface area contributed by atoms with E-state index < -0.39 is 5.82 Å². The summed E-state index contributed by atoms with van der Waals surface area (Å²) in [4.78, 5) is 37.5. The summed E-state index contributed by atoms with van der Waals surface area (Å²) in [5, 5.41) is 3.74. The van der Waals surface area contributed by atoms with Gasteiger partial charge < -0.3 is 15.0 Å². The third-order valence-corrected chi connectivity index (χ3v) is 8.03. The van der Waals surface area contributed by atoms with Gasteiger partial charge in [-0.05, 0) is 57.1 Å². The van der Waals surface area contributed by atoms with Crippen LogP contribution in [0.1, 0.15) is 38.5 Å². The van der Waals surface area contributed by atoms with Gasteiger partial charge in [0.2, 0.25) is 0 Å². The van der Waals surface area contributed by atoms with Crippen LogP contribution in [-0.2, 0) is 0 Å². The van der Waals surface area contributed by atoms with Crippen molar-refractivity contribution in [3.8, 4) is 5.75 Å². The van der Waals surface area contributed by atoms with Crippen LogP contribution >= 0.6 is 23.1 Å². The van der Waals surface area contributed by atoms with E-state index in [4.69, 9.17) is 4.74 Å². The number of amides is 1. The summed E-state index contributed by atoms with van der Waals surface area (Å²) in [5.74, 6) is 0.180. The molecule has 3 aromatic rings. The maximum atomic E-state index is 14.9. The zero-order valence-corrected chi connectivity index (χ0v) is 21.2. The van der Waals surface area contributed by atoms with Gasteiger partial charge in [-0.3, -0.25) is 9.59 Å². The minimum atomic E-state index is -0.548. The van der Waals surface area contributed by atoms with Crippen molar-refractivity contribution >= 4 is 45.7 Å². The fourth-order valence-electron chi connectivity index (χ4n) is 4.13. The van der Waals surface area contributed by atoms with Gasteiger partial charge >= 0.3 is 0 Å². The van der Waals surface area contributed by atoms with Gasteiger partial charge in [0.05, 0.1) is 33.5 Å². The summed E-state index contributed by atoms with van der Waals surface area (Å²) >= 11 is 2.33. The Labute approximate surface area is 206 Å². The zero-order valence-electron chi connectivity index (χ0n) is 19.6. The smallest absolute Gasteiger partial charge is 0.261 e. The number of aromatic nitrogens is 2. The lowest BCUT2D eigenvalue weighted by atomic mass is 9.94. The van der Waals surface area contributed by atoms with Gasteiger partial charge in [0.1, 0.15) is 10.9 Å². The molecule has 2 atom stereocenters. The normalized spacial score (nSPS) is 18.7. The third-order valence-electron chi connectivity index (χ3n) is 5.93. The van der Waals surface area contributed by atoms with Crippen LogP contribution in [0.4, 0.5) is 4.39 Å². The number of fused-ring (bicyclic) bond motifs is 1. The zero-order chi connectivity index (χ0) is 24.4. The Morgan fingerprint density at radius 3 is 2.76 bits per heavy atom. The van der Waals surface area contributed by atoms with E-state index in [1.807, 2.05) is 0 Å². The number of nitrogens with one attached hydrogen (secondary N) is 1. The van der Waals surface area contributed by atoms with Crippen molar-refractivity contribution in [2.24, 2.45) is 5.92 Å². The molecule has 1 aliphatic rings. The van der Waals surface area contributed by atoms with E-state index in [0.29, 0.717) is 32.0 Å². The van der Waals surface area contributed by atoms with E-state index in [-0.39, 0.29) is 34.6 Å². The Kier molecular flexibility index (Phi) is 7.49. The summed E-state index contributed by atoms with van der Waals surface area (Å²) in [6, 6.07) is 6.68. The van der Waals surface area contributed by atoms with Gasteiger partial charge in [0, 0.05) is 12.6 Å². The molecule has 1 fully saturated rings. The molecule has 1 saturated heterocycles. The molecule has 0 spiro atoms. The van der Waals surface area contributed by atoms with Crippen LogP contribution in [0.5, 0.6) is 5.75 Å². The molecule has 1 aromatic carbocycles. The van der Waals surface area contributed by atoms with E-state index in [2.05, 4.69) is 34.2 Å². The molecule has 1 aliphatic heterocycles. The second-order valence-electron chi connectivity index (χ2n) is 8.54. The molecule has 0 radical (unpaired) electrons. The summed E-state index contributed by atoms with van der Waals surface area (Å²) in [6.07, 6.45) is 0.908. The minimum Gasteiger partial charge on any atom is -0.494 e. The van der Waals surface area contributed by atoms with E-state index in [0.717, 1.165) is 31.3 Å². The molecule has 3 heterocycles. The number of ether oxygens (including phenoxy) is 1. The Morgan fingerprint density at radius 2 is 2.03 bits per heavy atom. The molecule has 0 aliphatic carbocycles. The minimum absolute atomic E-state index is 0.0652. The number of likely N-dealkylation sites (tertiary alicyclic amines) is 1. The Bertz CT molecular complexity index is 1230. The van der Waals surface area contributed by atoms with Crippen LogP contribution < -0.4 is 10.1 Å². The van der Waals surface area contributed by atoms with Crippen LogP contribution in [-0.4, -0.2) is 65.6 Å². The first-order chi connectivity index (χ1) is 16.3. The van der Waals surface area contributed by atoms with Gasteiger partial charge in [-0.1, -0.05) is 18.7 Å². The first-order valence-electron chi connectivity index (χ1n) is 11.0. The molecule has 7 nitrogen and oxygen atoms in total. The fourth-order valence-corrected chi connectivity index (χ4v) is 6.03. The van der Waals surface area contributed by atoms with Gasteiger partial charge in [0.15, 0.2) is 17.3 Å². The Morgan fingerprint density at radius 1 is 1.26 bits per heavy atom. The van der Waals surface area contributed by atoms with Crippen molar-refractivity contribution in [1.82, 2.24) is 20.2 Å². The number of piperidine rings is 1. The average Bonchev–Trinajstić information content (AvgIpc) is 3.30. The van der Waals surface area contributed by atoms with Gasteiger partial charge in [0.25, 0.3) is 5.91 Å². The highest BCUT2D eigenvalue weighted by Crippen LogP contribution is 2.33. The van der Waals surface area contributed by atoms with E-state index in [1.54, 1.807) is 25.1 Å². The van der Waals surface area contributed by atoms with E-state index in [1.165, 1.54) is 24.5 Å². The van der Waals surface area contributed by atoms with Crippen molar-refractivity contribution in [2.45, 2.75) is 31.3 Å². The standard InChI is InChI=1S/C24H27FN4O3S2/c1-13-11-29(3)10-9-15(13)28-23(31)20-8-7-19(34-20)17(30)12-33-24-21-16(26-14(2)27-24)5-6-18(32-4)22(21)25/h5-8,13,15H,9-12H2,1-4H3,(H,28,31)/t13-,15-/m1/s1. The number of halogens is 1. The van der Waals surface area contributed by atoms with Gasteiger partial charge in [-0.25, -0.2) is 14.4 Å². The molecule has 1 N–H and O–H groups in total. The topological polar surface area (TPSA) is 84.4 Å². The number of carbonyl (C=O) groups excluding carboxylic acids is 2. The fraction of sp³-hybridized carbons (Fsp3) is 0.417. The average molecular weight is 503 g/mol. The number of hydrogen-bond donors (Lipinski definition) is 1. The Hall–Kier alpha value is -2.56. The molecule has 34 heavy (non-hydrogen) atoms. The largest absolute Gasteiger partial charge is 0.494 e. The SMILES string of the molecule is COc1ccc2nc(C)nc(SCC(=O)c3ccc(C(=O)N[C@@H]4CCN(C)C[C@H]4C)s3)c2c1F. The second-order valence-corrected chi connectivity index (χ2v) is 10.6. The first-order valence-corrected chi connectivity index (χ1v) is 12.8. The summed E-state index contributed by atoms with van der Waals surface area (Å²) in [6.45, 7) is 5.76. The number of benzene rings is 1. The summed E-state index contributed by atoms with van der Waals surface area (Å²) in [7, 11) is 3.48. The number of aryl methyl sites for hydroxylation is 1. The lowest BCUT2D eigenvalue weighted by Gasteiger charge is -2.35. The van der Waals surface area contributed by atoms with Crippen LogP contribution in [0, 0.1) is 18.7 Å². The number of nitrogens with zero attached hydrogens (tertiary/aromatic N) is 3. The monoisotopic (exact) mass is 502 g/mol. The number of methoxy groups -OCH3 is 1. The highest BCUT2D eigenvalue weighted by Gasteiger charge is 2.26. The molecule has 2 aromatic heterocycles. The number of thioether (sulfide) groups is 1. The predicted molar refractivity (Wildman–Crippen MR) is 133 cm³/mol. The number of rotatable bonds is 7. The van der Waals surface area contributed by atoms with E-state index in [9.17, 15) is 14.0 Å². The highest BCUT2D eigenvalue weighted by molar-refractivity contribution is 8.00. The quantitative estimate of drug-likeness (QED) is 0.295. The van der Waals surface area contributed by atoms with Crippen LogP contribution in [0.2, 0.25) is 0 Å². The molecule has 0 bridgehead atoms. The number of carbonyl (C=O) groups is 2. The number of Topliss-reactive ketones (excluding diaryl/α,β-unsaturated/α-hetero) is 1. The van der Waals surface area contributed by atoms with Gasteiger partial charge in [-0.15, -0.1) is 11.3 Å². The van der Waals surface area contributed by atoms with Crippen molar-refractivity contribution in [3.63, 3.8) is 0 Å². The van der Waals surface area contributed by atoms with Crippen molar-refractivity contribution < 1.29 is 18.7 Å². The predicted octanol–water partition coefficient (Wildman–Crippen LogP) is 4.19.